The van der Waals surface area contributed by atoms with Crippen molar-refractivity contribution in [3.63, 3.8) is 0 Å². The second-order valence-corrected chi connectivity index (χ2v) is 8.13. The van der Waals surface area contributed by atoms with E-state index in [2.05, 4.69) is 0 Å². The summed E-state index contributed by atoms with van der Waals surface area (Å²) in [6, 6.07) is 29.2. The fourth-order valence-corrected chi connectivity index (χ4v) is 3.86. The van der Waals surface area contributed by atoms with Gasteiger partial charge in [0.2, 0.25) is 5.79 Å². The molecular weight excluding hydrogens is 420 g/mol. The van der Waals surface area contributed by atoms with Gasteiger partial charge in [0.05, 0.1) is 33.0 Å². The van der Waals surface area contributed by atoms with Gasteiger partial charge in [0, 0.05) is 0 Å². The third-order valence-corrected chi connectivity index (χ3v) is 5.70. The van der Waals surface area contributed by atoms with E-state index >= 15 is 0 Å². The summed E-state index contributed by atoms with van der Waals surface area (Å²) in [5.74, 6) is -1.90. The van der Waals surface area contributed by atoms with Crippen LogP contribution >= 0.6 is 0 Å². The third kappa shape index (κ3) is 6.26. The molecule has 1 fully saturated rings. The predicted octanol–water partition coefficient (Wildman–Crippen LogP) is 3.45. The molecule has 0 saturated carbocycles. The topological polar surface area (TPSA) is 77.4 Å². The summed E-state index contributed by atoms with van der Waals surface area (Å²) in [5, 5.41) is 21.0. The molecule has 33 heavy (non-hydrogen) atoms. The van der Waals surface area contributed by atoms with Gasteiger partial charge in [-0.1, -0.05) is 91.0 Å². The molecule has 174 valence electrons. The van der Waals surface area contributed by atoms with Gasteiger partial charge < -0.3 is 29.2 Å². The molecule has 3 aromatic carbocycles. The Bertz CT molecular complexity index is 952. The maximum atomic E-state index is 11.1. The van der Waals surface area contributed by atoms with E-state index in [9.17, 15) is 10.2 Å². The number of hydrogen-bond donors (Lipinski definition) is 2. The Morgan fingerprint density at radius 2 is 1.15 bits per heavy atom. The van der Waals surface area contributed by atoms with Crippen molar-refractivity contribution in [2.24, 2.45) is 0 Å². The van der Waals surface area contributed by atoms with Gasteiger partial charge in [-0.05, 0) is 16.7 Å². The molecule has 1 saturated heterocycles. The largest absolute Gasteiger partial charge is 0.391 e. The minimum Gasteiger partial charge on any atom is -0.391 e. The van der Waals surface area contributed by atoms with Crippen LogP contribution < -0.4 is 0 Å². The van der Waals surface area contributed by atoms with Gasteiger partial charge in [-0.25, -0.2) is 0 Å². The van der Waals surface area contributed by atoms with Crippen LogP contribution in [-0.2, 0) is 38.8 Å². The number of aliphatic hydroxyl groups is 2. The van der Waals surface area contributed by atoms with E-state index in [1.807, 2.05) is 91.0 Å². The van der Waals surface area contributed by atoms with E-state index < -0.39 is 30.7 Å². The molecule has 3 aromatic rings. The van der Waals surface area contributed by atoms with E-state index in [-0.39, 0.29) is 13.2 Å². The van der Waals surface area contributed by atoms with Crippen LogP contribution in [0.15, 0.2) is 91.0 Å². The minimum atomic E-state index is -1.90. The zero-order valence-electron chi connectivity index (χ0n) is 18.5. The van der Waals surface area contributed by atoms with Crippen LogP contribution in [0, 0.1) is 0 Å². The van der Waals surface area contributed by atoms with Gasteiger partial charge in [-0.2, -0.15) is 0 Å². The minimum absolute atomic E-state index is 0.0640. The van der Waals surface area contributed by atoms with Gasteiger partial charge in [-0.15, -0.1) is 0 Å². The molecule has 2 N–H and O–H groups in total. The summed E-state index contributed by atoms with van der Waals surface area (Å²) < 4.78 is 24.2. The number of aliphatic hydroxyl groups excluding tert-OH is 1. The molecule has 6 nitrogen and oxygen atoms in total. The number of rotatable bonds is 10. The fourth-order valence-electron chi connectivity index (χ4n) is 3.86. The van der Waals surface area contributed by atoms with Crippen LogP contribution in [0.3, 0.4) is 0 Å². The number of benzene rings is 3. The highest BCUT2D eigenvalue weighted by atomic mass is 16.7. The molecule has 0 spiro atoms. The molecule has 0 amide bonds. The maximum absolute atomic E-state index is 11.1. The molecule has 1 aliphatic rings. The summed E-state index contributed by atoms with van der Waals surface area (Å²) in [7, 11) is 0. The lowest BCUT2D eigenvalue weighted by Crippen LogP contribution is -2.64. The predicted molar refractivity (Wildman–Crippen MR) is 123 cm³/mol. The van der Waals surface area contributed by atoms with Crippen LogP contribution in [0.1, 0.15) is 16.7 Å². The molecular formula is C27H30O6. The first-order valence-corrected chi connectivity index (χ1v) is 11.1. The lowest BCUT2D eigenvalue weighted by atomic mass is 9.96. The molecule has 1 heterocycles. The molecule has 1 aliphatic heterocycles. The first-order chi connectivity index (χ1) is 16.2. The first-order valence-electron chi connectivity index (χ1n) is 11.1. The average Bonchev–Trinajstić information content (AvgIpc) is 2.88. The molecule has 0 bridgehead atoms. The van der Waals surface area contributed by atoms with Crippen LogP contribution in [0.25, 0.3) is 0 Å². The fraction of sp³-hybridized carbons (Fsp3) is 0.333. The van der Waals surface area contributed by atoms with Crippen molar-refractivity contribution < 1.29 is 29.2 Å². The molecule has 0 aromatic heterocycles. The van der Waals surface area contributed by atoms with Gasteiger partial charge in [-0.3, -0.25) is 0 Å². The Hall–Kier alpha value is -2.58. The maximum Gasteiger partial charge on any atom is 0.219 e. The van der Waals surface area contributed by atoms with Crippen molar-refractivity contribution in [2.75, 3.05) is 13.2 Å². The van der Waals surface area contributed by atoms with Crippen LogP contribution in [0.4, 0.5) is 0 Å². The van der Waals surface area contributed by atoms with Crippen molar-refractivity contribution in [3.05, 3.63) is 108 Å². The normalized spacial score (nSPS) is 25.1. The second-order valence-electron chi connectivity index (χ2n) is 8.13. The number of hydrogen-bond acceptors (Lipinski definition) is 6. The molecule has 6 heteroatoms. The van der Waals surface area contributed by atoms with E-state index in [1.165, 1.54) is 0 Å². The highest BCUT2D eigenvalue weighted by Crippen LogP contribution is 2.31. The standard InChI is InChI=1S/C27H30O6/c28-20-27(29)26(32-18-23-14-8-3-9-15-23)25(31-17-22-12-6-2-7-13-22)24(19-33-27)30-16-21-10-4-1-5-11-21/h1-15,24-26,28-29H,16-20H2/t24-,25-,26+,27-/m1/s1. The molecule has 0 aliphatic carbocycles. The Morgan fingerprint density at radius 1 is 0.697 bits per heavy atom. The lowest BCUT2D eigenvalue weighted by Gasteiger charge is -2.46. The summed E-state index contributed by atoms with van der Waals surface area (Å²) in [5.41, 5.74) is 2.94. The van der Waals surface area contributed by atoms with Crippen LogP contribution in [0.5, 0.6) is 0 Å². The van der Waals surface area contributed by atoms with Crippen LogP contribution in [-0.4, -0.2) is 47.5 Å². The van der Waals surface area contributed by atoms with Gasteiger partial charge in [0.15, 0.2) is 0 Å². The van der Waals surface area contributed by atoms with Gasteiger partial charge >= 0.3 is 0 Å². The van der Waals surface area contributed by atoms with E-state index in [1.54, 1.807) is 0 Å². The molecule has 0 radical (unpaired) electrons. The summed E-state index contributed by atoms with van der Waals surface area (Å²) >= 11 is 0. The highest BCUT2D eigenvalue weighted by molar-refractivity contribution is 5.15. The Balaban J connectivity index is 1.53. The monoisotopic (exact) mass is 450 g/mol. The SMILES string of the molecule is OC[C@@]1(O)OC[C@@H](OCc2ccccc2)[C@@H](OCc2ccccc2)[C@@H]1OCc1ccccc1. The summed E-state index contributed by atoms with van der Waals surface area (Å²) in [4.78, 5) is 0. The Labute approximate surface area is 194 Å². The molecule has 4 rings (SSSR count). The average molecular weight is 451 g/mol. The Kier molecular flexibility index (Phi) is 8.23. The van der Waals surface area contributed by atoms with Crippen molar-refractivity contribution in [2.45, 2.75) is 43.9 Å². The first kappa shape index (κ1) is 23.6. The van der Waals surface area contributed by atoms with Crippen molar-refractivity contribution >= 4 is 0 Å². The zero-order valence-corrected chi connectivity index (χ0v) is 18.5. The zero-order chi connectivity index (χ0) is 22.9. The van der Waals surface area contributed by atoms with Crippen LogP contribution in [0.2, 0.25) is 0 Å². The van der Waals surface area contributed by atoms with Gasteiger partial charge in [0.1, 0.15) is 18.3 Å². The van der Waals surface area contributed by atoms with E-state index in [0.29, 0.717) is 13.2 Å². The molecule has 4 atom stereocenters. The summed E-state index contributed by atoms with van der Waals surface area (Å²) in [6.45, 7) is 0.345. The van der Waals surface area contributed by atoms with E-state index in [4.69, 9.17) is 18.9 Å². The molecule has 0 unspecified atom stereocenters. The number of ether oxygens (including phenoxy) is 4. The quantitative estimate of drug-likeness (QED) is 0.493. The van der Waals surface area contributed by atoms with Crippen molar-refractivity contribution in [1.29, 1.82) is 0 Å². The van der Waals surface area contributed by atoms with Gasteiger partial charge in [0.25, 0.3) is 0 Å². The third-order valence-electron chi connectivity index (χ3n) is 5.70. The Morgan fingerprint density at radius 3 is 1.64 bits per heavy atom. The van der Waals surface area contributed by atoms with E-state index in [0.717, 1.165) is 16.7 Å². The smallest absolute Gasteiger partial charge is 0.219 e. The summed E-state index contributed by atoms with van der Waals surface area (Å²) in [6.07, 6.45) is -2.12. The second kappa shape index (κ2) is 11.5. The lowest BCUT2D eigenvalue weighted by molar-refractivity contribution is -0.352. The highest BCUT2D eigenvalue weighted by Gasteiger charge is 2.52. The van der Waals surface area contributed by atoms with Crippen molar-refractivity contribution in [3.8, 4) is 0 Å². The van der Waals surface area contributed by atoms with Crippen molar-refractivity contribution in [1.82, 2.24) is 0 Å².